The van der Waals surface area contributed by atoms with Crippen molar-refractivity contribution in [3.8, 4) is 0 Å². The molecule has 0 spiro atoms. The lowest BCUT2D eigenvalue weighted by atomic mass is 11.6. The van der Waals surface area contributed by atoms with Crippen molar-refractivity contribution in [2.45, 2.75) is 89.1 Å². The van der Waals surface area contributed by atoms with Gasteiger partial charge in [-0.3, -0.25) is 0 Å². The number of hydrogen-bond acceptors (Lipinski definition) is 12. The Hall–Kier alpha value is 0.980. The van der Waals surface area contributed by atoms with Crippen LogP contribution in [0.1, 0.15) is 89.1 Å². The molecule has 0 bridgehead atoms. The highest BCUT2D eigenvalue weighted by Crippen LogP contribution is 1.89. The van der Waals surface area contributed by atoms with Gasteiger partial charge >= 0.3 is 0 Å². The van der Waals surface area contributed by atoms with Crippen LogP contribution in [0.2, 0.25) is 0 Å². The molecule has 278 valence electrons. The van der Waals surface area contributed by atoms with Gasteiger partial charge in [-0.25, -0.2) is 0 Å². The fourth-order valence-electron chi connectivity index (χ4n) is 0. The molecule has 0 fully saturated rings. The lowest BCUT2D eigenvalue weighted by molar-refractivity contribution is 1.48. The van der Waals surface area contributed by atoms with Crippen molar-refractivity contribution in [3.63, 3.8) is 0 Å². The van der Waals surface area contributed by atoms with Gasteiger partial charge in [-0.05, 0) is 84.6 Å². The second-order valence-electron chi connectivity index (χ2n) is 0. The van der Waals surface area contributed by atoms with E-state index in [2.05, 4.69) is 106 Å². The summed E-state index contributed by atoms with van der Waals surface area (Å²) < 4.78 is 0. The maximum absolute atomic E-state index is 4.50. The van der Waals surface area contributed by atoms with Crippen molar-refractivity contribution in [2.75, 3.05) is 84.6 Å². The average Bonchev–Trinajstić information content (AvgIpc) is 2.90. The van der Waals surface area contributed by atoms with Crippen LogP contribution in [0.15, 0.2) is 0 Å². The first-order valence-corrected chi connectivity index (χ1v) is 13.4. The highest BCUT2D eigenvalue weighted by molar-refractivity contribution is 15.0. The van der Waals surface area contributed by atoms with Gasteiger partial charge in [0.25, 0.3) is 0 Å². The molecule has 0 atom stereocenters. The van der Waals surface area contributed by atoms with Gasteiger partial charge in [0.05, 0.1) is 0 Å². The Morgan fingerprint density at radius 1 is 0.158 bits per heavy atom. The molecule has 0 rings (SSSR count). The smallest absolute Gasteiger partial charge is 0 e. The van der Waals surface area contributed by atoms with Crippen molar-refractivity contribution in [3.05, 3.63) is 0 Å². The molecule has 24 N–H and O–H groups in total. The Kier molecular flexibility index (Phi) is 409000. The lowest BCUT2D eigenvalue weighted by Crippen LogP contribution is -1.69. The summed E-state index contributed by atoms with van der Waals surface area (Å²) in [5.41, 5.74) is 54.0. The Balaban J connectivity index is -0.00000000204. The Bertz CT molecular complexity index is 44.4. The van der Waals surface area contributed by atoms with Crippen LogP contribution < -0.4 is 68.8 Å². The second kappa shape index (κ2) is 54100. The van der Waals surface area contributed by atoms with E-state index >= 15 is 0 Å². The first-order valence-electron chi connectivity index (χ1n) is 7.07. The van der Waals surface area contributed by atoms with E-state index in [4.69, 9.17) is 0 Å². The normalized spacial score (nSPS) is 2.05. The molecule has 0 heterocycles. The van der Waals surface area contributed by atoms with Crippen molar-refractivity contribution < 1.29 is 0 Å². The van der Waals surface area contributed by atoms with Crippen LogP contribution in [-0.2, 0) is 0 Å². The standard InChI is InChI=1S/12CH5N.12CH4.I2/c12*1-2;;;;;;;;;;;;;1-2/h12*2H2,1H3;12*1H4;. The maximum Gasteiger partial charge on any atom is 0 e. The third-order valence-corrected chi connectivity index (χ3v) is 0. The third kappa shape index (κ3) is 49800. The van der Waals surface area contributed by atoms with Crippen LogP contribution in [0, 0.1) is 0 Å². The number of nitrogens with two attached hydrogens (primary N) is 12. The second-order valence-corrected chi connectivity index (χ2v) is 0. The summed E-state index contributed by atoms with van der Waals surface area (Å²) in [5.74, 6) is 0. The van der Waals surface area contributed by atoms with Gasteiger partial charge in [-0.2, -0.15) is 0 Å². The topological polar surface area (TPSA) is 312 Å². The van der Waals surface area contributed by atoms with Gasteiger partial charge in [0.15, 0.2) is 0 Å². The first-order chi connectivity index (χ1) is 13.0. The Morgan fingerprint density at radius 2 is 0.158 bits per heavy atom. The van der Waals surface area contributed by atoms with Crippen molar-refractivity contribution in [1.82, 2.24) is 0 Å². The average molecular weight is 819 g/mol. The molecule has 0 saturated carbocycles. The van der Waals surface area contributed by atoms with Crippen LogP contribution in [-0.4, -0.2) is 84.6 Å². The summed E-state index contributed by atoms with van der Waals surface area (Å²) in [6.45, 7) is 0. The molecule has 0 unspecified atom stereocenters. The predicted molar refractivity (Wildman–Crippen MR) is 230 cm³/mol. The van der Waals surface area contributed by atoms with E-state index in [1.165, 1.54) is 84.6 Å². The minimum atomic E-state index is 0. The van der Waals surface area contributed by atoms with Crippen LogP contribution in [0.4, 0.5) is 0 Å². The molecule has 0 aliphatic heterocycles. The molecule has 12 nitrogen and oxygen atoms in total. The number of rotatable bonds is 0. The summed E-state index contributed by atoms with van der Waals surface area (Å²) >= 11 is 4.24. The fourth-order valence-corrected chi connectivity index (χ4v) is 0. The fraction of sp³-hybridized carbons (Fsp3) is 1.00. The molecule has 0 aromatic heterocycles. The molecular formula is C24H108I2N12. The van der Waals surface area contributed by atoms with Crippen LogP contribution in [0.3, 0.4) is 0 Å². The molecule has 0 amide bonds. The van der Waals surface area contributed by atoms with Gasteiger partial charge in [0, 0.05) is 37.2 Å². The quantitative estimate of drug-likeness (QED) is 0.152. The van der Waals surface area contributed by atoms with Gasteiger partial charge in [0.2, 0.25) is 0 Å². The molecule has 0 aliphatic rings. The van der Waals surface area contributed by atoms with Crippen LogP contribution in [0.5, 0.6) is 0 Å². The maximum atomic E-state index is 4.50. The minimum absolute atomic E-state index is 0. The third-order valence-electron chi connectivity index (χ3n) is 0. The first kappa shape index (κ1) is 288. The van der Waals surface area contributed by atoms with E-state index in [1.807, 2.05) is 0 Å². The van der Waals surface area contributed by atoms with E-state index < -0.39 is 0 Å². The molecule has 0 aromatic rings. The lowest BCUT2D eigenvalue weighted by Gasteiger charge is -1.19. The predicted octanol–water partition coefficient (Wildman–Crippen LogP) is 4.30. The molecule has 0 aliphatic carbocycles. The molecule has 0 saturated heterocycles. The monoisotopic (exact) mass is 819 g/mol. The molecule has 38 heavy (non-hydrogen) atoms. The molecule has 0 radical (unpaired) electrons. The zero-order valence-electron chi connectivity index (χ0n) is 19.7. The number of halogens is 2. The summed E-state index contributed by atoms with van der Waals surface area (Å²) in [5, 5.41) is 0. The molecule has 14 heteroatoms. The van der Waals surface area contributed by atoms with Crippen LogP contribution >= 0.6 is 37.2 Å². The zero-order valence-corrected chi connectivity index (χ0v) is 24.0. The number of hydrogen-bond donors (Lipinski definition) is 12. The minimum Gasteiger partial charge on any atom is -0.333 e. The largest absolute Gasteiger partial charge is 0.333 e. The summed E-state index contributed by atoms with van der Waals surface area (Å²) in [7, 11) is 18.0. The van der Waals surface area contributed by atoms with Gasteiger partial charge in [-0.1, -0.05) is 89.1 Å². The Labute approximate surface area is 278 Å². The van der Waals surface area contributed by atoms with Gasteiger partial charge in [-0.15, -0.1) is 0 Å². The summed E-state index contributed by atoms with van der Waals surface area (Å²) in [4.78, 5) is 0. The van der Waals surface area contributed by atoms with Crippen molar-refractivity contribution in [1.29, 1.82) is 0 Å². The molecule has 0 aromatic carbocycles. The molecular weight excluding hydrogens is 710 g/mol. The van der Waals surface area contributed by atoms with Gasteiger partial charge < -0.3 is 68.8 Å². The highest BCUT2D eigenvalue weighted by Gasteiger charge is 1.00. The highest BCUT2D eigenvalue weighted by atomic mass is 128. The zero-order chi connectivity index (χ0) is 26.0. The van der Waals surface area contributed by atoms with Crippen molar-refractivity contribution >= 4 is 37.2 Å². The van der Waals surface area contributed by atoms with E-state index in [0.717, 1.165) is 0 Å². The van der Waals surface area contributed by atoms with E-state index in [9.17, 15) is 0 Å². The van der Waals surface area contributed by atoms with Gasteiger partial charge in [0.1, 0.15) is 0 Å². The van der Waals surface area contributed by atoms with Crippen molar-refractivity contribution in [2.24, 2.45) is 68.8 Å². The SMILES string of the molecule is C.C.C.C.C.C.C.C.C.C.C.C.CN.CN.CN.CN.CN.CN.CN.CN.CN.CN.CN.CN.II. The summed E-state index contributed by atoms with van der Waals surface area (Å²) in [6.07, 6.45) is 0. The van der Waals surface area contributed by atoms with Crippen LogP contribution in [0.25, 0.3) is 0 Å². The van der Waals surface area contributed by atoms with E-state index in [1.54, 1.807) is 0 Å². The van der Waals surface area contributed by atoms with E-state index in [-0.39, 0.29) is 89.1 Å². The van der Waals surface area contributed by atoms with E-state index in [0.29, 0.717) is 0 Å². The summed E-state index contributed by atoms with van der Waals surface area (Å²) in [6, 6.07) is 0. The Morgan fingerprint density at radius 3 is 0.158 bits per heavy atom.